The number of aliphatic hydroxyl groups is 1. The zero-order valence-corrected chi connectivity index (χ0v) is 11.3. The second-order valence-electron chi connectivity index (χ2n) is 3.77. The van der Waals surface area contributed by atoms with E-state index < -0.39 is 0 Å². The summed E-state index contributed by atoms with van der Waals surface area (Å²) in [6.45, 7) is 0.567. The zero-order chi connectivity index (χ0) is 10.8. The Kier molecular flexibility index (Phi) is 3.64. The molecule has 0 amide bonds. The van der Waals surface area contributed by atoms with E-state index in [1.165, 1.54) is 0 Å². The summed E-state index contributed by atoms with van der Waals surface area (Å²) in [5.41, 5.74) is 0. The molecule has 1 aliphatic carbocycles. The maximum Gasteiger partial charge on any atom is 0.140 e. The van der Waals surface area contributed by atoms with Crippen LogP contribution in [0.25, 0.3) is 0 Å². The van der Waals surface area contributed by atoms with Crippen molar-refractivity contribution in [1.29, 1.82) is 0 Å². The molecule has 0 bridgehead atoms. The SMILES string of the molecule is OC(CNc1ncc(Br)cc1Br)C1CC1. The molecule has 3 nitrogen and oxygen atoms in total. The molecule has 0 spiro atoms. The van der Waals surface area contributed by atoms with Crippen molar-refractivity contribution in [3.63, 3.8) is 0 Å². The standard InChI is InChI=1S/C10H12Br2N2O/c11-7-3-8(12)10(13-4-7)14-5-9(15)6-1-2-6/h3-4,6,9,15H,1-2,5H2,(H,13,14). The molecule has 1 atom stereocenters. The minimum absolute atomic E-state index is 0.248. The topological polar surface area (TPSA) is 45.1 Å². The first-order chi connectivity index (χ1) is 7.16. The zero-order valence-electron chi connectivity index (χ0n) is 8.08. The van der Waals surface area contributed by atoms with E-state index in [-0.39, 0.29) is 6.10 Å². The number of aliphatic hydroxyl groups excluding tert-OH is 1. The number of rotatable bonds is 4. The van der Waals surface area contributed by atoms with Crippen LogP contribution in [0.15, 0.2) is 21.2 Å². The smallest absolute Gasteiger partial charge is 0.140 e. The van der Waals surface area contributed by atoms with Gasteiger partial charge in [-0.25, -0.2) is 4.98 Å². The predicted molar refractivity (Wildman–Crippen MR) is 66.9 cm³/mol. The fourth-order valence-corrected chi connectivity index (χ4v) is 2.52. The molecule has 5 heteroatoms. The van der Waals surface area contributed by atoms with Crippen molar-refractivity contribution in [2.24, 2.45) is 5.92 Å². The first-order valence-electron chi connectivity index (χ1n) is 4.90. The molecule has 0 aromatic carbocycles. The highest BCUT2D eigenvalue weighted by Gasteiger charge is 2.29. The lowest BCUT2D eigenvalue weighted by molar-refractivity contribution is 0.164. The van der Waals surface area contributed by atoms with Crippen LogP contribution in [0.3, 0.4) is 0 Å². The third-order valence-electron chi connectivity index (χ3n) is 2.45. The van der Waals surface area contributed by atoms with Crippen molar-refractivity contribution in [1.82, 2.24) is 4.98 Å². The number of aromatic nitrogens is 1. The fraction of sp³-hybridized carbons (Fsp3) is 0.500. The monoisotopic (exact) mass is 334 g/mol. The number of anilines is 1. The van der Waals surface area contributed by atoms with Gasteiger partial charge >= 0.3 is 0 Å². The van der Waals surface area contributed by atoms with Gasteiger partial charge in [0.1, 0.15) is 5.82 Å². The number of pyridine rings is 1. The maximum atomic E-state index is 9.68. The van der Waals surface area contributed by atoms with E-state index in [1.807, 2.05) is 6.07 Å². The molecule has 15 heavy (non-hydrogen) atoms. The molecule has 82 valence electrons. The Balaban J connectivity index is 1.92. The summed E-state index contributed by atoms with van der Waals surface area (Å²) in [5, 5.41) is 12.8. The van der Waals surface area contributed by atoms with Gasteiger partial charge in [0.25, 0.3) is 0 Å². The molecule has 2 rings (SSSR count). The van der Waals surface area contributed by atoms with E-state index in [0.717, 1.165) is 27.6 Å². The van der Waals surface area contributed by atoms with Gasteiger partial charge in [-0.1, -0.05) is 0 Å². The quantitative estimate of drug-likeness (QED) is 0.889. The number of nitrogens with one attached hydrogen (secondary N) is 1. The van der Waals surface area contributed by atoms with Crippen molar-refractivity contribution in [3.8, 4) is 0 Å². The Labute approximate surface area is 106 Å². The lowest BCUT2D eigenvalue weighted by Gasteiger charge is -2.12. The Morgan fingerprint density at radius 1 is 1.53 bits per heavy atom. The van der Waals surface area contributed by atoms with E-state index >= 15 is 0 Å². The second kappa shape index (κ2) is 4.80. The molecular weight excluding hydrogens is 324 g/mol. The van der Waals surface area contributed by atoms with Crippen molar-refractivity contribution >= 4 is 37.7 Å². The molecule has 2 N–H and O–H groups in total. The van der Waals surface area contributed by atoms with Gasteiger partial charge in [0.05, 0.1) is 10.6 Å². The van der Waals surface area contributed by atoms with Crippen LogP contribution in [0, 0.1) is 5.92 Å². The van der Waals surface area contributed by atoms with Crippen LogP contribution in [0.2, 0.25) is 0 Å². The third kappa shape index (κ3) is 3.16. The fourth-order valence-electron chi connectivity index (χ4n) is 1.39. The Bertz CT molecular complexity index is 355. The van der Waals surface area contributed by atoms with Crippen molar-refractivity contribution in [3.05, 3.63) is 21.2 Å². The molecule has 0 aliphatic heterocycles. The molecule has 0 radical (unpaired) electrons. The first kappa shape index (κ1) is 11.4. The van der Waals surface area contributed by atoms with Gasteiger partial charge in [-0.2, -0.15) is 0 Å². The van der Waals surface area contributed by atoms with Gasteiger partial charge in [-0.3, -0.25) is 0 Å². The number of halogens is 2. The van der Waals surface area contributed by atoms with Crippen LogP contribution in [-0.4, -0.2) is 22.7 Å². The van der Waals surface area contributed by atoms with E-state index in [4.69, 9.17) is 0 Å². The largest absolute Gasteiger partial charge is 0.391 e. The molecule has 1 aromatic rings. The molecule has 1 heterocycles. The van der Waals surface area contributed by atoms with E-state index in [0.29, 0.717) is 12.5 Å². The van der Waals surface area contributed by atoms with Crippen molar-refractivity contribution < 1.29 is 5.11 Å². The van der Waals surface area contributed by atoms with Crippen LogP contribution >= 0.6 is 31.9 Å². The average Bonchev–Trinajstić information content (AvgIpc) is 2.99. The minimum atomic E-state index is -0.248. The Morgan fingerprint density at radius 2 is 2.27 bits per heavy atom. The van der Waals surface area contributed by atoms with Crippen LogP contribution in [0.4, 0.5) is 5.82 Å². The molecule has 1 aliphatic rings. The van der Waals surface area contributed by atoms with E-state index in [1.54, 1.807) is 6.20 Å². The van der Waals surface area contributed by atoms with E-state index in [9.17, 15) is 5.11 Å². The lowest BCUT2D eigenvalue weighted by atomic mass is 10.2. The predicted octanol–water partition coefficient (Wildman–Crippen LogP) is 2.79. The Hall–Kier alpha value is -0.130. The molecule has 1 unspecified atom stereocenters. The normalized spacial score (nSPS) is 17.5. The van der Waals surface area contributed by atoms with Crippen molar-refractivity contribution in [2.45, 2.75) is 18.9 Å². The number of hydrogen-bond acceptors (Lipinski definition) is 3. The summed E-state index contributed by atoms with van der Waals surface area (Å²) in [4.78, 5) is 4.21. The summed E-state index contributed by atoms with van der Waals surface area (Å²) in [7, 11) is 0. The molecule has 1 fully saturated rings. The van der Waals surface area contributed by atoms with Gasteiger partial charge in [0.15, 0.2) is 0 Å². The average molecular weight is 336 g/mol. The van der Waals surface area contributed by atoms with Crippen LogP contribution in [0.1, 0.15) is 12.8 Å². The van der Waals surface area contributed by atoms with Gasteiger partial charge in [0.2, 0.25) is 0 Å². The second-order valence-corrected chi connectivity index (χ2v) is 5.54. The summed E-state index contributed by atoms with van der Waals surface area (Å²) >= 11 is 6.75. The molecule has 1 aromatic heterocycles. The summed E-state index contributed by atoms with van der Waals surface area (Å²) in [6, 6.07) is 1.93. The summed E-state index contributed by atoms with van der Waals surface area (Å²) in [6.07, 6.45) is 3.79. The highest BCUT2D eigenvalue weighted by Crippen LogP contribution is 2.32. The lowest BCUT2D eigenvalue weighted by Crippen LogP contribution is -2.21. The van der Waals surface area contributed by atoms with Crippen LogP contribution < -0.4 is 5.32 Å². The van der Waals surface area contributed by atoms with Gasteiger partial charge in [-0.15, -0.1) is 0 Å². The Morgan fingerprint density at radius 3 is 2.87 bits per heavy atom. The third-order valence-corrected chi connectivity index (χ3v) is 3.49. The number of hydrogen-bond donors (Lipinski definition) is 2. The first-order valence-corrected chi connectivity index (χ1v) is 6.48. The summed E-state index contributed by atoms with van der Waals surface area (Å²) < 4.78 is 1.84. The van der Waals surface area contributed by atoms with E-state index in [2.05, 4.69) is 42.2 Å². The van der Waals surface area contributed by atoms with Crippen LogP contribution in [0.5, 0.6) is 0 Å². The minimum Gasteiger partial charge on any atom is -0.391 e. The molecule has 1 saturated carbocycles. The molecule has 0 saturated heterocycles. The van der Waals surface area contributed by atoms with Crippen LogP contribution in [-0.2, 0) is 0 Å². The highest BCUT2D eigenvalue weighted by molar-refractivity contribution is 9.11. The number of nitrogens with zero attached hydrogens (tertiary/aromatic N) is 1. The molecular formula is C10H12Br2N2O. The van der Waals surface area contributed by atoms with Gasteiger partial charge in [0, 0.05) is 17.2 Å². The van der Waals surface area contributed by atoms with Crippen molar-refractivity contribution in [2.75, 3.05) is 11.9 Å². The van der Waals surface area contributed by atoms with Gasteiger partial charge < -0.3 is 10.4 Å². The van der Waals surface area contributed by atoms with Gasteiger partial charge in [-0.05, 0) is 56.7 Å². The highest BCUT2D eigenvalue weighted by atomic mass is 79.9. The summed E-state index contributed by atoms with van der Waals surface area (Å²) in [5.74, 6) is 1.27. The maximum absolute atomic E-state index is 9.68.